The maximum absolute atomic E-state index is 11.8. The van der Waals surface area contributed by atoms with Crippen molar-refractivity contribution in [2.75, 3.05) is 45.7 Å². The Morgan fingerprint density at radius 1 is 0.625 bits per heavy atom. The third-order valence-corrected chi connectivity index (χ3v) is 7.34. The molecule has 0 unspecified atom stereocenters. The lowest BCUT2D eigenvalue weighted by molar-refractivity contribution is -0.869. The van der Waals surface area contributed by atoms with Crippen molar-refractivity contribution >= 4 is 17.7 Å². The number of nitrogens with zero attached hydrogens (tertiary/aromatic N) is 1. The molecule has 1 N–H and O–H groups in total. The zero-order chi connectivity index (χ0) is 23.8. The molecular formula is C28H59N2OS+. The lowest BCUT2D eigenvalue weighted by Crippen LogP contribution is -2.41. The van der Waals surface area contributed by atoms with Crippen molar-refractivity contribution in [2.24, 2.45) is 0 Å². The third kappa shape index (κ3) is 27.8. The monoisotopic (exact) mass is 471 g/mol. The van der Waals surface area contributed by atoms with Gasteiger partial charge in [-0.3, -0.25) is 4.79 Å². The van der Waals surface area contributed by atoms with Crippen LogP contribution in [0.25, 0.3) is 0 Å². The number of likely N-dealkylation sites (N-methyl/N-ethyl adjacent to an activating group) is 1. The number of nitrogens with one attached hydrogen (secondary N) is 1. The summed E-state index contributed by atoms with van der Waals surface area (Å²) in [5.74, 6) is 2.97. The highest BCUT2D eigenvalue weighted by atomic mass is 32.2. The summed E-state index contributed by atoms with van der Waals surface area (Å²) in [6.07, 6.45) is 25.6. The molecule has 0 spiro atoms. The molecule has 0 fully saturated rings. The number of quaternary nitrogens is 1. The number of carbonyl (C=O) groups is 1. The van der Waals surface area contributed by atoms with E-state index in [4.69, 9.17) is 0 Å². The predicted molar refractivity (Wildman–Crippen MR) is 147 cm³/mol. The minimum Gasteiger partial charge on any atom is -0.350 e. The highest BCUT2D eigenvalue weighted by Gasteiger charge is 2.07. The van der Waals surface area contributed by atoms with Gasteiger partial charge in [0.25, 0.3) is 0 Å². The fourth-order valence-electron chi connectivity index (χ4n) is 3.96. The molecule has 0 heterocycles. The smallest absolute Gasteiger partial charge is 0.220 e. The maximum atomic E-state index is 11.8. The van der Waals surface area contributed by atoms with Gasteiger partial charge in [0.05, 0.1) is 34.2 Å². The van der Waals surface area contributed by atoms with Crippen LogP contribution in [0.4, 0.5) is 0 Å². The molecule has 0 aliphatic heterocycles. The number of carbonyl (C=O) groups excluding carboxylic acids is 1. The van der Waals surface area contributed by atoms with Crippen LogP contribution in [0.3, 0.4) is 0 Å². The fraction of sp³-hybridized carbons (Fsp3) is 0.964. The summed E-state index contributed by atoms with van der Waals surface area (Å²) in [7, 11) is 6.47. The first-order valence-corrected chi connectivity index (χ1v) is 15.3. The van der Waals surface area contributed by atoms with Crippen molar-refractivity contribution in [3.8, 4) is 0 Å². The van der Waals surface area contributed by atoms with Gasteiger partial charge in [0.1, 0.15) is 0 Å². The molecule has 0 aromatic carbocycles. The van der Waals surface area contributed by atoms with Gasteiger partial charge in [0.2, 0.25) is 5.91 Å². The van der Waals surface area contributed by atoms with Crippen molar-refractivity contribution < 1.29 is 9.28 Å². The number of rotatable bonds is 25. The number of hydrogen-bond donors (Lipinski definition) is 1. The highest BCUT2D eigenvalue weighted by Crippen LogP contribution is 2.15. The number of amides is 1. The summed E-state index contributed by atoms with van der Waals surface area (Å²) in [6.45, 7) is 4.07. The number of hydrogen-bond acceptors (Lipinski definition) is 2. The Kier molecular flexibility index (Phi) is 23.8. The molecular weight excluding hydrogens is 412 g/mol. The van der Waals surface area contributed by atoms with Crippen LogP contribution in [0.5, 0.6) is 0 Å². The van der Waals surface area contributed by atoms with E-state index in [1.807, 2.05) is 0 Å². The van der Waals surface area contributed by atoms with E-state index in [1.54, 1.807) is 0 Å². The summed E-state index contributed by atoms with van der Waals surface area (Å²) in [6, 6.07) is 0. The van der Waals surface area contributed by atoms with E-state index in [0.717, 1.165) is 24.0 Å². The highest BCUT2D eigenvalue weighted by molar-refractivity contribution is 7.99. The molecule has 0 aliphatic carbocycles. The van der Waals surface area contributed by atoms with Crippen LogP contribution in [0, 0.1) is 0 Å². The molecule has 0 radical (unpaired) electrons. The first-order valence-electron chi connectivity index (χ1n) is 14.1. The third-order valence-electron chi connectivity index (χ3n) is 6.19. The Labute approximate surface area is 206 Å². The van der Waals surface area contributed by atoms with Crippen molar-refractivity contribution in [1.82, 2.24) is 5.32 Å². The topological polar surface area (TPSA) is 29.1 Å². The molecule has 4 heteroatoms. The van der Waals surface area contributed by atoms with Crippen LogP contribution in [0.1, 0.15) is 129 Å². The zero-order valence-corrected chi connectivity index (χ0v) is 23.3. The standard InChI is InChI=1S/C28H58N2OS/c1-5-6-7-8-9-10-12-15-18-21-26-32-27-22-19-16-13-11-14-17-20-23-28(31)29-24-25-30(2,3)4/h5-27H2,1-4H3/p+1. The van der Waals surface area contributed by atoms with Crippen LogP contribution in [0.2, 0.25) is 0 Å². The van der Waals surface area contributed by atoms with Crippen LogP contribution in [-0.4, -0.2) is 56.1 Å². The molecule has 0 saturated carbocycles. The fourth-order valence-corrected chi connectivity index (χ4v) is 4.98. The summed E-state index contributed by atoms with van der Waals surface area (Å²) >= 11 is 2.18. The first kappa shape index (κ1) is 31.8. The van der Waals surface area contributed by atoms with Gasteiger partial charge >= 0.3 is 0 Å². The van der Waals surface area contributed by atoms with Crippen molar-refractivity contribution in [3.05, 3.63) is 0 Å². The number of thioether (sulfide) groups is 1. The molecule has 3 nitrogen and oxygen atoms in total. The molecule has 0 atom stereocenters. The SMILES string of the molecule is CCCCCCCCCCCCSCCCCCCCCCCC(=O)NCC[N+](C)(C)C. The molecule has 0 aliphatic rings. The molecule has 32 heavy (non-hydrogen) atoms. The van der Waals surface area contributed by atoms with Crippen molar-refractivity contribution in [2.45, 2.75) is 129 Å². The Bertz CT molecular complexity index is 395. The van der Waals surface area contributed by atoms with Gasteiger partial charge in [-0.2, -0.15) is 11.8 Å². The summed E-state index contributed by atoms with van der Waals surface area (Å²) < 4.78 is 0.901. The average molecular weight is 472 g/mol. The molecule has 1 amide bonds. The minimum atomic E-state index is 0.230. The van der Waals surface area contributed by atoms with E-state index in [-0.39, 0.29) is 5.91 Å². The first-order chi connectivity index (χ1) is 15.5. The van der Waals surface area contributed by atoms with E-state index in [0.29, 0.717) is 6.42 Å². The van der Waals surface area contributed by atoms with Gasteiger partial charge < -0.3 is 9.80 Å². The zero-order valence-electron chi connectivity index (χ0n) is 22.5. The van der Waals surface area contributed by atoms with Crippen molar-refractivity contribution in [1.29, 1.82) is 0 Å². The second kappa shape index (κ2) is 23.9. The Morgan fingerprint density at radius 2 is 1.03 bits per heavy atom. The van der Waals surface area contributed by atoms with E-state index >= 15 is 0 Å². The molecule has 0 rings (SSSR count). The summed E-state index contributed by atoms with van der Waals surface area (Å²) in [5, 5.41) is 3.04. The molecule has 0 aromatic rings. The molecule has 0 aromatic heterocycles. The Hall–Kier alpha value is -0.220. The van der Waals surface area contributed by atoms with E-state index in [2.05, 4.69) is 45.1 Å². The largest absolute Gasteiger partial charge is 0.350 e. The van der Waals surface area contributed by atoms with Crippen LogP contribution in [0.15, 0.2) is 0 Å². The van der Waals surface area contributed by atoms with Gasteiger partial charge in [0, 0.05) is 6.42 Å². The van der Waals surface area contributed by atoms with E-state index in [1.165, 1.54) is 121 Å². The van der Waals surface area contributed by atoms with Crippen LogP contribution in [-0.2, 0) is 4.79 Å². The molecule has 0 bridgehead atoms. The lowest BCUT2D eigenvalue weighted by atomic mass is 10.1. The number of unbranched alkanes of at least 4 members (excludes halogenated alkanes) is 16. The predicted octanol–water partition coefficient (Wildman–Crippen LogP) is 7.97. The second-order valence-electron chi connectivity index (χ2n) is 10.7. The van der Waals surface area contributed by atoms with Crippen molar-refractivity contribution in [3.63, 3.8) is 0 Å². The molecule has 192 valence electrons. The summed E-state index contributed by atoms with van der Waals surface area (Å²) in [4.78, 5) is 11.8. The van der Waals surface area contributed by atoms with E-state index < -0.39 is 0 Å². The molecule has 0 saturated heterocycles. The normalized spacial score (nSPS) is 11.8. The van der Waals surface area contributed by atoms with Crippen LogP contribution >= 0.6 is 11.8 Å². The van der Waals surface area contributed by atoms with Gasteiger partial charge in [-0.15, -0.1) is 0 Å². The average Bonchev–Trinajstić information content (AvgIpc) is 2.74. The Morgan fingerprint density at radius 3 is 1.47 bits per heavy atom. The van der Waals surface area contributed by atoms with Gasteiger partial charge in [-0.05, 0) is 30.8 Å². The van der Waals surface area contributed by atoms with Gasteiger partial charge in [-0.1, -0.05) is 103 Å². The quantitative estimate of drug-likeness (QED) is 0.108. The summed E-state index contributed by atoms with van der Waals surface area (Å²) in [5.41, 5.74) is 0. The minimum absolute atomic E-state index is 0.230. The van der Waals surface area contributed by atoms with Gasteiger partial charge in [0.15, 0.2) is 0 Å². The van der Waals surface area contributed by atoms with E-state index in [9.17, 15) is 4.79 Å². The lowest BCUT2D eigenvalue weighted by Gasteiger charge is -2.23. The van der Waals surface area contributed by atoms with Gasteiger partial charge in [-0.25, -0.2) is 0 Å². The maximum Gasteiger partial charge on any atom is 0.220 e. The Balaban J connectivity index is 3.13. The van der Waals surface area contributed by atoms with Crippen LogP contribution < -0.4 is 5.32 Å². The second-order valence-corrected chi connectivity index (χ2v) is 12.0.